The molecule has 33 heavy (non-hydrogen) atoms. The van der Waals surface area contributed by atoms with Crippen LogP contribution in [0.15, 0.2) is 55.3 Å². The summed E-state index contributed by atoms with van der Waals surface area (Å²) in [6.45, 7) is 14.1. The lowest BCUT2D eigenvalue weighted by Crippen LogP contribution is -2.45. The molecule has 1 amide bonds. The summed E-state index contributed by atoms with van der Waals surface area (Å²) in [7, 11) is 0. The fourth-order valence-electron chi connectivity index (χ4n) is 3.88. The highest BCUT2D eigenvalue weighted by molar-refractivity contribution is 7.15. The Kier molecular flexibility index (Phi) is 7.49. The Balaban J connectivity index is 1.62. The van der Waals surface area contributed by atoms with E-state index in [1.165, 1.54) is 11.6 Å². The monoisotopic (exact) mass is 462 g/mol. The highest BCUT2D eigenvalue weighted by atomic mass is 32.1. The topological polar surface area (TPSA) is 73.4 Å². The Bertz CT molecular complexity index is 1120. The number of likely N-dealkylation sites (N-methyl/N-ethyl adjacent to an activating group) is 1. The Hall–Kier alpha value is -3.07. The number of aryl methyl sites for hydroxylation is 1. The highest BCUT2D eigenvalue weighted by Crippen LogP contribution is 2.27. The van der Waals surface area contributed by atoms with Crippen LogP contribution in [0.5, 0.6) is 0 Å². The van der Waals surface area contributed by atoms with E-state index in [2.05, 4.69) is 51.1 Å². The van der Waals surface area contributed by atoms with E-state index in [1.54, 1.807) is 11.3 Å². The van der Waals surface area contributed by atoms with Gasteiger partial charge >= 0.3 is 0 Å². The van der Waals surface area contributed by atoms with Crippen molar-refractivity contribution in [1.82, 2.24) is 19.8 Å². The molecule has 1 saturated heterocycles. The van der Waals surface area contributed by atoms with Crippen molar-refractivity contribution in [2.45, 2.75) is 20.4 Å². The molecule has 4 rings (SSSR count). The van der Waals surface area contributed by atoms with E-state index in [1.807, 2.05) is 37.4 Å². The normalized spacial score (nSPS) is 14.7. The summed E-state index contributed by atoms with van der Waals surface area (Å²) in [6, 6.07) is 12.0. The smallest absolute Gasteiger partial charge is 0.247 e. The molecule has 0 atom stereocenters. The van der Waals surface area contributed by atoms with E-state index in [-0.39, 0.29) is 5.91 Å². The van der Waals surface area contributed by atoms with Gasteiger partial charge in [-0.1, -0.05) is 25.6 Å². The summed E-state index contributed by atoms with van der Waals surface area (Å²) in [6.07, 6.45) is 3.12. The molecule has 7 nitrogen and oxygen atoms in total. The van der Waals surface area contributed by atoms with Crippen molar-refractivity contribution in [3.8, 4) is 11.3 Å². The van der Waals surface area contributed by atoms with E-state index in [9.17, 15) is 4.79 Å². The summed E-state index contributed by atoms with van der Waals surface area (Å²) in [5.41, 5.74) is 3.70. The van der Waals surface area contributed by atoms with Crippen molar-refractivity contribution in [2.24, 2.45) is 0 Å². The van der Waals surface area contributed by atoms with Gasteiger partial charge in [0.15, 0.2) is 5.13 Å². The average molecular weight is 463 g/mol. The maximum atomic E-state index is 11.7. The number of nitrogens with zero attached hydrogens (tertiary/aromatic N) is 4. The van der Waals surface area contributed by atoms with Gasteiger partial charge in [0.1, 0.15) is 5.82 Å². The SMILES string of the molecule is C=CC(=O)Nc1cccc(-c2cc(CN3CCN(CC)CC3)cc(Nc3ncc(C)s3)n2)c1. The van der Waals surface area contributed by atoms with Crippen LogP contribution in [0.25, 0.3) is 11.3 Å². The number of pyridine rings is 1. The molecule has 1 aliphatic heterocycles. The van der Waals surface area contributed by atoms with Crippen LogP contribution in [0.3, 0.4) is 0 Å². The molecule has 3 aromatic rings. The quantitative estimate of drug-likeness (QED) is 0.480. The number of carbonyl (C=O) groups excluding carboxylic acids is 1. The van der Waals surface area contributed by atoms with Crippen molar-refractivity contribution < 1.29 is 4.79 Å². The van der Waals surface area contributed by atoms with Gasteiger partial charge in [-0.3, -0.25) is 9.69 Å². The first-order valence-electron chi connectivity index (χ1n) is 11.2. The molecule has 0 radical (unpaired) electrons. The number of benzene rings is 1. The van der Waals surface area contributed by atoms with Crippen molar-refractivity contribution in [3.63, 3.8) is 0 Å². The third-order valence-corrected chi connectivity index (χ3v) is 6.50. The van der Waals surface area contributed by atoms with Crippen molar-refractivity contribution >= 4 is 33.9 Å². The van der Waals surface area contributed by atoms with Gasteiger partial charge in [-0.25, -0.2) is 9.97 Å². The van der Waals surface area contributed by atoms with Gasteiger partial charge in [0.05, 0.1) is 5.69 Å². The molecular weight excluding hydrogens is 432 g/mol. The molecule has 1 fully saturated rings. The van der Waals surface area contributed by atoms with Crippen molar-refractivity contribution in [3.05, 3.63) is 65.7 Å². The zero-order valence-corrected chi connectivity index (χ0v) is 20.0. The number of hydrogen-bond donors (Lipinski definition) is 2. The fourth-order valence-corrected chi connectivity index (χ4v) is 4.56. The lowest BCUT2D eigenvalue weighted by atomic mass is 10.1. The van der Waals surface area contributed by atoms with Crippen LogP contribution in [0.4, 0.5) is 16.6 Å². The lowest BCUT2D eigenvalue weighted by molar-refractivity contribution is -0.111. The molecule has 3 heterocycles. The maximum Gasteiger partial charge on any atom is 0.247 e. The van der Waals surface area contributed by atoms with Crippen LogP contribution in [-0.4, -0.2) is 58.4 Å². The molecule has 0 bridgehead atoms. The first-order valence-corrected chi connectivity index (χ1v) is 12.0. The molecule has 0 spiro atoms. The fraction of sp³-hybridized carbons (Fsp3) is 0.320. The highest BCUT2D eigenvalue weighted by Gasteiger charge is 2.17. The first kappa shape index (κ1) is 23.1. The van der Waals surface area contributed by atoms with E-state index in [0.717, 1.165) is 66.4 Å². The molecule has 2 N–H and O–H groups in total. The number of aromatic nitrogens is 2. The summed E-state index contributed by atoms with van der Waals surface area (Å²) in [5, 5.41) is 7.02. The molecule has 1 aromatic carbocycles. The van der Waals surface area contributed by atoms with E-state index in [4.69, 9.17) is 4.98 Å². The van der Waals surface area contributed by atoms with Crippen LogP contribution >= 0.6 is 11.3 Å². The first-order chi connectivity index (χ1) is 16.0. The number of nitrogens with one attached hydrogen (secondary N) is 2. The Labute approximate surface area is 199 Å². The number of carbonyl (C=O) groups is 1. The molecule has 0 aliphatic carbocycles. The summed E-state index contributed by atoms with van der Waals surface area (Å²) in [5.74, 6) is 0.533. The number of hydrogen-bond acceptors (Lipinski definition) is 7. The number of anilines is 3. The van der Waals surface area contributed by atoms with Crippen LogP contribution < -0.4 is 10.6 Å². The third-order valence-electron chi connectivity index (χ3n) is 5.67. The Morgan fingerprint density at radius 2 is 1.97 bits per heavy atom. The predicted octanol–water partition coefficient (Wildman–Crippen LogP) is 4.52. The molecule has 0 unspecified atom stereocenters. The summed E-state index contributed by atoms with van der Waals surface area (Å²) >= 11 is 1.61. The number of amides is 1. The van der Waals surface area contributed by atoms with Gasteiger partial charge in [0, 0.05) is 55.0 Å². The van der Waals surface area contributed by atoms with E-state index in [0.29, 0.717) is 5.69 Å². The maximum absolute atomic E-state index is 11.7. The van der Waals surface area contributed by atoms with Gasteiger partial charge in [-0.2, -0.15) is 0 Å². The largest absolute Gasteiger partial charge is 0.323 e. The van der Waals surface area contributed by atoms with Gasteiger partial charge in [-0.05, 0) is 49.4 Å². The number of thiazole rings is 1. The molecule has 1 aliphatic rings. The second-order valence-electron chi connectivity index (χ2n) is 8.13. The zero-order chi connectivity index (χ0) is 23.2. The van der Waals surface area contributed by atoms with Gasteiger partial charge in [-0.15, -0.1) is 11.3 Å². The molecular formula is C25H30N6OS. The van der Waals surface area contributed by atoms with Crippen molar-refractivity contribution in [2.75, 3.05) is 43.4 Å². The zero-order valence-electron chi connectivity index (χ0n) is 19.2. The second-order valence-corrected chi connectivity index (χ2v) is 9.37. The van der Waals surface area contributed by atoms with Crippen LogP contribution in [0, 0.1) is 6.92 Å². The average Bonchev–Trinajstić information content (AvgIpc) is 3.23. The number of rotatable bonds is 8. The Morgan fingerprint density at radius 1 is 1.18 bits per heavy atom. The van der Waals surface area contributed by atoms with Crippen LogP contribution in [-0.2, 0) is 11.3 Å². The number of piperazine rings is 1. The standard InChI is InChI=1S/C25H30N6OS/c1-4-24(32)27-21-8-6-7-20(15-21)22-13-19(17-31-11-9-30(5-2)10-12-31)14-23(28-22)29-25-26-16-18(3)33-25/h4,6-8,13-16H,1,5,9-12,17H2,2-3H3,(H,27,32)(H,26,28,29). The molecule has 0 saturated carbocycles. The van der Waals surface area contributed by atoms with Gasteiger partial charge < -0.3 is 15.5 Å². The van der Waals surface area contributed by atoms with E-state index < -0.39 is 0 Å². The van der Waals surface area contributed by atoms with Crippen LogP contribution in [0.1, 0.15) is 17.4 Å². The summed E-state index contributed by atoms with van der Waals surface area (Å²) in [4.78, 5) is 27.1. The molecule has 172 valence electrons. The summed E-state index contributed by atoms with van der Waals surface area (Å²) < 4.78 is 0. The minimum Gasteiger partial charge on any atom is -0.323 e. The molecule has 2 aromatic heterocycles. The van der Waals surface area contributed by atoms with Gasteiger partial charge in [0.25, 0.3) is 0 Å². The Morgan fingerprint density at radius 3 is 2.67 bits per heavy atom. The van der Waals surface area contributed by atoms with E-state index >= 15 is 0 Å². The minimum atomic E-state index is -0.235. The second kappa shape index (κ2) is 10.7. The third kappa shape index (κ3) is 6.25. The van der Waals surface area contributed by atoms with Gasteiger partial charge in [0.2, 0.25) is 5.91 Å². The van der Waals surface area contributed by atoms with Crippen LogP contribution in [0.2, 0.25) is 0 Å². The lowest BCUT2D eigenvalue weighted by Gasteiger charge is -2.34. The van der Waals surface area contributed by atoms with Crippen molar-refractivity contribution in [1.29, 1.82) is 0 Å². The molecule has 8 heteroatoms. The minimum absolute atomic E-state index is 0.235. The predicted molar refractivity (Wildman–Crippen MR) is 136 cm³/mol.